The Morgan fingerprint density at radius 1 is 1.18 bits per heavy atom. The van der Waals surface area contributed by atoms with Gasteiger partial charge >= 0.3 is 0 Å². The van der Waals surface area contributed by atoms with Crippen LogP contribution in [0.25, 0.3) is 17.1 Å². The van der Waals surface area contributed by atoms with E-state index in [-0.39, 0.29) is 18.7 Å². The first-order chi connectivity index (χ1) is 13.7. The molecule has 2 aromatic carbocycles. The Balaban J connectivity index is 1.30. The zero-order chi connectivity index (χ0) is 19.1. The number of nitrogens with zero attached hydrogens (tertiary/aromatic N) is 3. The standard InChI is InChI=1S/C22H21N3O3/c1-15-23-18-4-2-3-5-19(18)25(15)17-10-11-24(13-17)22(26)9-7-16-6-8-20-21(12-16)28-14-27-20/h2-9,12,17H,10-11,13-14H2,1H3/b9-7+/t17-/m0/s1. The van der Waals surface area contributed by atoms with E-state index in [0.29, 0.717) is 6.54 Å². The first-order valence-electron chi connectivity index (χ1n) is 9.49. The Morgan fingerprint density at radius 3 is 2.96 bits per heavy atom. The van der Waals surface area contributed by atoms with Gasteiger partial charge in [-0.15, -0.1) is 0 Å². The smallest absolute Gasteiger partial charge is 0.246 e. The highest BCUT2D eigenvalue weighted by atomic mass is 16.7. The van der Waals surface area contributed by atoms with Gasteiger partial charge in [0.1, 0.15) is 5.82 Å². The summed E-state index contributed by atoms with van der Waals surface area (Å²) in [6.07, 6.45) is 4.40. The highest BCUT2D eigenvalue weighted by molar-refractivity contribution is 5.92. The highest BCUT2D eigenvalue weighted by Crippen LogP contribution is 2.33. The molecule has 0 spiro atoms. The summed E-state index contributed by atoms with van der Waals surface area (Å²) in [4.78, 5) is 19.2. The van der Waals surface area contributed by atoms with Gasteiger partial charge in [-0.3, -0.25) is 4.79 Å². The number of ether oxygens (including phenoxy) is 2. The summed E-state index contributed by atoms with van der Waals surface area (Å²) in [7, 11) is 0. The van der Waals surface area contributed by atoms with Crippen LogP contribution in [0.4, 0.5) is 0 Å². The van der Waals surface area contributed by atoms with E-state index < -0.39 is 0 Å². The molecule has 2 aliphatic heterocycles. The largest absolute Gasteiger partial charge is 0.454 e. The van der Waals surface area contributed by atoms with Crippen LogP contribution in [0.2, 0.25) is 0 Å². The lowest BCUT2D eigenvalue weighted by molar-refractivity contribution is -0.125. The lowest BCUT2D eigenvalue weighted by atomic mass is 10.2. The van der Waals surface area contributed by atoms with E-state index in [9.17, 15) is 4.79 Å². The van der Waals surface area contributed by atoms with Gasteiger partial charge in [0.15, 0.2) is 11.5 Å². The van der Waals surface area contributed by atoms with Crippen molar-refractivity contribution in [1.82, 2.24) is 14.5 Å². The van der Waals surface area contributed by atoms with Gasteiger partial charge in [0.05, 0.1) is 17.1 Å². The van der Waals surface area contributed by atoms with Crippen molar-refractivity contribution in [3.8, 4) is 11.5 Å². The third-order valence-electron chi connectivity index (χ3n) is 5.43. The van der Waals surface area contributed by atoms with Crippen LogP contribution in [0, 0.1) is 6.92 Å². The van der Waals surface area contributed by atoms with E-state index in [1.165, 1.54) is 0 Å². The molecule has 6 heteroatoms. The summed E-state index contributed by atoms with van der Waals surface area (Å²) in [5.41, 5.74) is 3.06. The van der Waals surface area contributed by atoms with Crippen molar-refractivity contribution < 1.29 is 14.3 Å². The first kappa shape index (κ1) is 16.9. The van der Waals surface area contributed by atoms with E-state index in [4.69, 9.17) is 9.47 Å². The number of carbonyl (C=O) groups excluding carboxylic acids is 1. The lowest BCUT2D eigenvalue weighted by Gasteiger charge is -2.17. The van der Waals surface area contributed by atoms with Gasteiger partial charge in [-0.2, -0.15) is 0 Å². The molecule has 142 valence electrons. The number of aryl methyl sites for hydroxylation is 1. The predicted octanol–water partition coefficient (Wildman–Crippen LogP) is 3.56. The number of likely N-dealkylation sites (tertiary alicyclic amines) is 1. The molecule has 3 heterocycles. The molecule has 1 fully saturated rings. The molecule has 0 radical (unpaired) electrons. The molecule has 0 saturated carbocycles. The number of fused-ring (bicyclic) bond motifs is 2. The van der Waals surface area contributed by atoms with Crippen LogP contribution in [-0.4, -0.2) is 40.2 Å². The SMILES string of the molecule is Cc1nc2ccccc2n1[C@H]1CCN(C(=O)/C=C/c2ccc3c(c2)OCO3)C1. The molecule has 0 bridgehead atoms. The van der Waals surface area contributed by atoms with Gasteiger partial charge in [-0.1, -0.05) is 18.2 Å². The summed E-state index contributed by atoms with van der Waals surface area (Å²) >= 11 is 0. The molecular formula is C22H21N3O3. The molecule has 2 aliphatic rings. The molecule has 5 rings (SSSR count). The summed E-state index contributed by atoms with van der Waals surface area (Å²) in [6.45, 7) is 3.73. The van der Waals surface area contributed by atoms with Crippen LogP contribution in [0.5, 0.6) is 11.5 Å². The number of aromatic nitrogens is 2. The quantitative estimate of drug-likeness (QED) is 0.657. The minimum atomic E-state index is 0.0299. The number of imidazole rings is 1. The van der Waals surface area contributed by atoms with Crippen molar-refractivity contribution >= 4 is 23.0 Å². The second kappa shape index (κ2) is 6.71. The van der Waals surface area contributed by atoms with E-state index in [1.54, 1.807) is 6.08 Å². The summed E-state index contributed by atoms with van der Waals surface area (Å²) in [5.74, 6) is 2.49. The minimum absolute atomic E-state index is 0.0299. The van der Waals surface area contributed by atoms with Crippen LogP contribution >= 0.6 is 0 Å². The number of hydrogen-bond acceptors (Lipinski definition) is 4. The van der Waals surface area contributed by atoms with Crippen LogP contribution in [-0.2, 0) is 4.79 Å². The number of rotatable bonds is 3. The summed E-state index contributed by atoms with van der Waals surface area (Å²) in [5, 5.41) is 0. The highest BCUT2D eigenvalue weighted by Gasteiger charge is 2.28. The Kier molecular flexibility index (Phi) is 4.04. The molecule has 6 nitrogen and oxygen atoms in total. The van der Waals surface area contributed by atoms with E-state index >= 15 is 0 Å². The number of benzene rings is 2. The third kappa shape index (κ3) is 2.91. The van der Waals surface area contributed by atoms with E-state index in [0.717, 1.165) is 46.9 Å². The minimum Gasteiger partial charge on any atom is -0.454 e. The zero-order valence-corrected chi connectivity index (χ0v) is 15.7. The second-order valence-corrected chi connectivity index (χ2v) is 7.19. The molecule has 28 heavy (non-hydrogen) atoms. The lowest BCUT2D eigenvalue weighted by Crippen LogP contribution is -2.27. The Hall–Kier alpha value is -3.28. The topological polar surface area (TPSA) is 56.6 Å². The number of hydrogen-bond donors (Lipinski definition) is 0. The maximum Gasteiger partial charge on any atom is 0.246 e. The van der Waals surface area contributed by atoms with E-state index in [1.807, 2.05) is 54.3 Å². The molecular weight excluding hydrogens is 354 g/mol. The molecule has 3 aromatic rings. The van der Waals surface area contributed by atoms with Crippen molar-refractivity contribution in [1.29, 1.82) is 0 Å². The fraction of sp³-hybridized carbons (Fsp3) is 0.273. The zero-order valence-electron chi connectivity index (χ0n) is 15.7. The van der Waals surface area contributed by atoms with Crippen molar-refractivity contribution in [2.75, 3.05) is 19.9 Å². The summed E-state index contributed by atoms with van der Waals surface area (Å²) in [6, 6.07) is 14.1. The molecule has 1 amide bonds. The van der Waals surface area contributed by atoms with Crippen molar-refractivity contribution in [3.05, 3.63) is 59.9 Å². The molecule has 1 atom stereocenters. The summed E-state index contributed by atoms with van der Waals surface area (Å²) < 4.78 is 13.0. The Morgan fingerprint density at radius 2 is 2.04 bits per heavy atom. The van der Waals surface area contributed by atoms with Gasteiger partial charge in [0, 0.05) is 19.2 Å². The van der Waals surface area contributed by atoms with Gasteiger partial charge in [0.25, 0.3) is 0 Å². The number of carbonyl (C=O) groups is 1. The van der Waals surface area contributed by atoms with Crippen LogP contribution in [0.3, 0.4) is 0 Å². The van der Waals surface area contributed by atoms with E-state index in [2.05, 4.69) is 15.6 Å². The van der Waals surface area contributed by atoms with Crippen molar-refractivity contribution in [2.45, 2.75) is 19.4 Å². The number of amides is 1. The van der Waals surface area contributed by atoms with Crippen LogP contribution < -0.4 is 9.47 Å². The molecule has 0 unspecified atom stereocenters. The number of para-hydroxylation sites is 2. The van der Waals surface area contributed by atoms with Gasteiger partial charge in [-0.25, -0.2) is 4.98 Å². The maximum atomic E-state index is 12.7. The fourth-order valence-corrected chi connectivity index (χ4v) is 4.07. The van der Waals surface area contributed by atoms with Gasteiger partial charge < -0.3 is 18.9 Å². The predicted molar refractivity (Wildman–Crippen MR) is 106 cm³/mol. The van der Waals surface area contributed by atoms with Crippen molar-refractivity contribution in [2.24, 2.45) is 0 Å². The van der Waals surface area contributed by atoms with Gasteiger partial charge in [0.2, 0.25) is 12.7 Å². The molecule has 0 aliphatic carbocycles. The molecule has 0 N–H and O–H groups in total. The molecule has 1 aromatic heterocycles. The van der Waals surface area contributed by atoms with Crippen LogP contribution in [0.1, 0.15) is 23.9 Å². The average molecular weight is 375 g/mol. The normalized spacial score (nSPS) is 18.5. The monoisotopic (exact) mass is 375 g/mol. The Labute approximate surface area is 163 Å². The van der Waals surface area contributed by atoms with Gasteiger partial charge in [-0.05, 0) is 49.2 Å². The second-order valence-electron chi connectivity index (χ2n) is 7.19. The third-order valence-corrected chi connectivity index (χ3v) is 5.43. The fourth-order valence-electron chi connectivity index (χ4n) is 4.07. The average Bonchev–Trinajstić information content (AvgIpc) is 3.42. The molecule has 1 saturated heterocycles. The Bertz CT molecular complexity index is 1090. The first-order valence-corrected chi connectivity index (χ1v) is 9.49. The maximum absolute atomic E-state index is 12.7. The van der Waals surface area contributed by atoms with Crippen LogP contribution in [0.15, 0.2) is 48.5 Å². The van der Waals surface area contributed by atoms with Crippen molar-refractivity contribution in [3.63, 3.8) is 0 Å².